The number of fused-ring (bicyclic) bond motifs is 1. The maximum absolute atomic E-state index is 15.3. The third-order valence-corrected chi connectivity index (χ3v) is 13.7. The van der Waals surface area contributed by atoms with Crippen molar-refractivity contribution in [2.75, 3.05) is 19.6 Å². The highest BCUT2D eigenvalue weighted by atomic mass is 31.2. The summed E-state index contributed by atoms with van der Waals surface area (Å²) in [5.41, 5.74) is 25.1. The summed E-state index contributed by atoms with van der Waals surface area (Å²) in [6.07, 6.45) is 2.71. The Labute approximate surface area is 316 Å². The SMILES string of the molecule is C[C@H](N)C(=O)N(CC(=O)N1CCC[C@]1(C(=O)O)P(=O)(Cc1ccccc1)Cc1ccccc1)C1Cc2ccccc2C1.NC(N)=NCCC[C@H](N)C(=O)O. The summed E-state index contributed by atoms with van der Waals surface area (Å²) >= 11 is 0. The summed E-state index contributed by atoms with van der Waals surface area (Å²) in [7, 11) is -3.69. The molecule has 290 valence electrons. The van der Waals surface area contributed by atoms with Crippen LogP contribution in [0, 0.1) is 0 Å². The summed E-state index contributed by atoms with van der Waals surface area (Å²) in [6, 6.07) is 24.5. The molecule has 1 heterocycles. The summed E-state index contributed by atoms with van der Waals surface area (Å²) < 4.78 is 15.3. The number of benzene rings is 3. The Hall–Kier alpha value is -5.04. The van der Waals surface area contributed by atoms with Gasteiger partial charge >= 0.3 is 11.9 Å². The van der Waals surface area contributed by atoms with Crippen LogP contribution in [0.25, 0.3) is 0 Å². The molecular weight excluding hydrogens is 709 g/mol. The first-order valence-electron chi connectivity index (χ1n) is 18.0. The van der Waals surface area contributed by atoms with Gasteiger partial charge in [0.25, 0.3) is 0 Å². The van der Waals surface area contributed by atoms with Gasteiger partial charge in [-0.05, 0) is 67.7 Å². The van der Waals surface area contributed by atoms with Crippen LogP contribution in [0.4, 0.5) is 0 Å². The number of likely N-dealkylation sites (tertiary alicyclic amines) is 1. The minimum absolute atomic E-state index is 0.0129. The molecule has 2 amide bonds. The molecule has 15 heteroatoms. The number of aliphatic carboxylic acids is 2. The summed E-state index contributed by atoms with van der Waals surface area (Å²) in [6.45, 7) is 1.85. The van der Waals surface area contributed by atoms with Crippen molar-refractivity contribution >= 4 is 36.9 Å². The molecule has 0 saturated carbocycles. The molecule has 1 aliphatic heterocycles. The fourth-order valence-corrected chi connectivity index (χ4v) is 11.1. The van der Waals surface area contributed by atoms with Gasteiger partial charge in [0.15, 0.2) is 11.2 Å². The van der Waals surface area contributed by atoms with Crippen LogP contribution in [-0.2, 0) is 48.9 Å². The second kappa shape index (κ2) is 18.8. The number of aliphatic imine (C=N–C) groups is 1. The van der Waals surface area contributed by atoms with Crippen LogP contribution in [0.1, 0.15) is 54.9 Å². The smallest absolute Gasteiger partial charge is 0.337 e. The Morgan fingerprint density at radius 1 is 0.889 bits per heavy atom. The molecule has 0 unspecified atom stereocenters. The van der Waals surface area contributed by atoms with Gasteiger partial charge in [0, 0.05) is 31.5 Å². The maximum atomic E-state index is 15.3. The van der Waals surface area contributed by atoms with E-state index in [0.29, 0.717) is 38.6 Å². The number of carboxylic acid groups (broad SMARTS) is 2. The van der Waals surface area contributed by atoms with Crippen molar-refractivity contribution in [2.24, 2.45) is 27.9 Å². The number of hydrogen-bond acceptors (Lipinski definition) is 8. The van der Waals surface area contributed by atoms with Gasteiger partial charge in [-0.2, -0.15) is 0 Å². The molecule has 5 rings (SSSR count). The van der Waals surface area contributed by atoms with Gasteiger partial charge in [0.2, 0.25) is 11.8 Å². The summed E-state index contributed by atoms with van der Waals surface area (Å²) in [5, 5.41) is 17.4. The van der Waals surface area contributed by atoms with Gasteiger partial charge in [-0.3, -0.25) is 19.4 Å². The van der Waals surface area contributed by atoms with Crippen LogP contribution in [0.15, 0.2) is 89.9 Å². The van der Waals surface area contributed by atoms with E-state index in [1.807, 2.05) is 84.9 Å². The van der Waals surface area contributed by atoms with Gasteiger partial charge in [-0.15, -0.1) is 0 Å². The Morgan fingerprint density at radius 3 is 1.87 bits per heavy atom. The lowest BCUT2D eigenvalue weighted by atomic mass is 10.1. The zero-order valence-electron chi connectivity index (χ0n) is 30.6. The van der Waals surface area contributed by atoms with Crippen molar-refractivity contribution in [1.82, 2.24) is 9.80 Å². The minimum atomic E-state index is -3.69. The average molecular weight is 762 g/mol. The van der Waals surface area contributed by atoms with E-state index in [2.05, 4.69) is 4.99 Å². The first-order chi connectivity index (χ1) is 25.7. The molecule has 14 nitrogen and oxygen atoms in total. The molecule has 0 bridgehead atoms. The van der Waals surface area contributed by atoms with Crippen molar-refractivity contribution in [2.45, 2.75) is 81.2 Å². The zero-order chi connectivity index (χ0) is 39.5. The number of rotatable bonds is 15. The molecule has 0 radical (unpaired) electrons. The highest BCUT2D eigenvalue weighted by Gasteiger charge is 2.61. The Balaban J connectivity index is 0.000000467. The predicted molar refractivity (Wildman–Crippen MR) is 208 cm³/mol. The number of carbonyl (C=O) groups excluding carboxylic acids is 2. The number of hydrogen-bond donors (Lipinski definition) is 6. The van der Waals surface area contributed by atoms with Crippen LogP contribution in [0.2, 0.25) is 0 Å². The van der Waals surface area contributed by atoms with E-state index in [1.165, 1.54) is 9.80 Å². The fourth-order valence-electron chi connectivity index (χ4n) is 7.31. The van der Waals surface area contributed by atoms with Gasteiger partial charge < -0.3 is 47.5 Å². The monoisotopic (exact) mass is 761 g/mol. The molecule has 1 aliphatic carbocycles. The Kier molecular flexibility index (Phi) is 14.5. The van der Waals surface area contributed by atoms with Gasteiger partial charge in [-0.25, -0.2) is 4.79 Å². The predicted octanol–water partition coefficient (Wildman–Crippen LogP) is 2.95. The van der Waals surface area contributed by atoms with E-state index in [0.717, 1.165) is 22.3 Å². The highest BCUT2D eigenvalue weighted by molar-refractivity contribution is 7.65. The minimum Gasteiger partial charge on any atom is -0.480 e. The van der Waals surface area contributed by atoms with Crippen molar-refractivity contribution in [1.29, 1.82) is 0 Å². The second-order valence-electron chi connectivity index (χ2n) is 13.9. The third-order valence-electron chi connectivity index (χ3n) is 9.97. The fraction of sp³-hybridized carbons (Fsp3) is 0.410. The standard InChI is InChI=1S/C33H38N3O5P.C6H14N4O2/c1-24(34)31(38)35(29-19-27-15-8-9-16-28(27)20-29)21-30(37)36-18-10-17-33(36,32(39)40)42(41,22-25-11-4-2-5-12-25)23-26-13-6-3-7-14-26;7-4(5(11)12)2-1-3-10-6(8)9/h2-9,11-16,24,29H,10,17-23,34H2,1H3,(H,39,40);4H,1-3,7H2,(H,11,12)(H4,8,9,10)/t24-,33+;4-/m00/s1. The molecule has 3 aromatic rings. The van der Waals surface area contributed by atoms with Crippen LogP contribution >= 0.6 is 7.14 Å². The topological polar surface area (TPSA) is 249 Å². The molecular formula is C39H52N7O7P. The maximum Gasteiger partial charge on any atom is 0.337 e. The van der Waals surface area contributed by atoms with Crippen molar-refractivity contribution in [3.05, 3.63) is 107 Å². The normalized spacial score (nSPS) is 17.7. The largest absolute Gasteiger partial charge is 0.480 e. The highest BCUT2D eigenvalue weighted by Crippen LogP contribution is 2.67. The van der Waals surface area contributed by atoms with E-state index in [-0.39, 0.29) is 49.7 Å². The van der Waals surface area contributed by atoms with Gasteiger partial charge in [0.05, 0.1) is 6.04 Å². The van der Waals surface area contributed by atoms with E-state index in [4.69, 9.17) is 28.0 Å². The number of guanidine groups is 1. The van der Waals surface area contributed by atoms with Crippen LogP contribution in [0.5, 0.6) is 0 Å². The summed E-state index contributed by atoms with van der Waals surface area (Å²) in [4.78, 5) is 57.6. The first-order valence-corrected chi connectivity index (χ1v) is 20.1. The molecule has 2 aliphatic rings. The van der Waals surface area contributed by atoms with E-state index >= 15 is 4.57 Å². The van der Waals surface area contributed by atoms with Crippen molar-refractivity contribution < 1.29 is 34.0 Å². The molecule has 3 aromatic carbocycles. The van der Waals surface area contributed by atoms with Crippen LogP contribution in [0.3, 0.4) is 0 Å². The average Bonchev–Trinajstić information content (AvgIpc) is 3.79. The number of nitrogens with two attached hydrogens (primary N) is 4. The second-order valence-corrected chi connectivity index (χ2v) is 17.1. The van der Waals surface area contributed by atoms with Crippen LogP contribution < -0.4 is 22.9 Å². The molecule has 3 atom stereocenters. The Bertz CT molecular complexity index is 1770. The van der Waals surface area contributed by atoms with E-state index in [9.17, 15) is 24.3 Å². The lowest BCUT2D eigenvalue weighted by Crippen LogP contribution is -2.58. The lowest BCUT2D eigenvalue weighted by molar-refractivity contribution is -0.153. The number of amides is 2. The first kappa shape index (κ1) is 41.7. The Morgan fingerprint density at radius 2 is 1.41 bits per heavy atom. The quantitative estimate of drug-likeness (QED) is 0.0569. The van der Waals surface area contributed by atoms with E-state index < -0.39 is 42.4 Å². The van der Waals surface area contributed by atoms with Crippen molar-refractivity contribution in [3.63, 3.8) is 0 Å². The van der Waals surface area contributed by atoms with E-state index in [1.54, 1.807) is 6.92 Å². The van der Waals surface area contributed by atoms with Crippen molar-refractivity contribution in [3.8, 4) is 0 Å². The molecule has 54 heavy (non-hydrogen) atoms. The molecule has 1 fully saturated rings. The third kappa shape index (κ3) is 10.1. The zero-order valence-corrected chi connectivity index (χ0v) is 31.5. The summed E-state index contributed by atoms with van der Waals surface area (Å²) in [5.74, 6) is -3.13. The van der Waals surface area contributed by atoms with Crippen LogP contribution in [-0.4, -0.2) is 92.8 Å². The number of nitrogens with zero attached hydrogens (tertiary/aromatic N) is 3. The molecule has 1 saturated heterocycles. The van der Waals surface area contributed by atoms with Gasteiger partial charge in [-0.1, -0.05) is 84.9 Å². The van der Waals surface area contributed by atoms with Gasteiger partial charge in [0.1, 0.15) is 19.7 Å². The lowest BCUT2D eigenvalue weighted by Gasteiger charge is -2.42. The number of carboxylic acids is 2. The molecule has 10 N–H and O–H groups in total. The molecule has 0 aromatic heterocycles. The molecule has 0 spiro atoms. The number of carbonyl (C=O) groups is 4.